The summed E-state index contributed by atoms with van der Waals surface area (Å²) < 4.78 is 6.48. The van der Waals surface area contributed by atoms with Gasteiger partial charge in [0, 0.05) is 16.6 Å². The topological polar surface area (TPSA) is 16.4 Å². The molecule has 264 valence electrons. The summed E-state index contributed by atoms with van der Waals surface area (Å²) in [5.41, 5.74) is 16.7. The molecule has 0 atom stereocenters. The number of anilines is 3. The van der Waals surface area contributed by atoms with Crippen molar-refractivity contribution in [2.24, 2.45) is 0 Å². The van der Waals surface area contributed by atoms with Crippen molar-refractivity contribution in [3.8, 4) is 55.6 Å². The van der Waals surface area contributed by atoms with E-state index in [4.69, 9.17) is 4.42 Å². The molecule has 2 heteroatoms. The molecule has 0 fully saturated rings. The fourth-order valence-corrected chi connectivity index (χ4v) is 8.18. The second kappa shape index (κ2) is 14.4. The van der Waals surface area contributed by atoms with Crippen molar-refractivity contribution in [3.05, 3.63) is 224 Å². The lowest BCUT2D eigenvalue weighted by Crippen LogP contribution is -2.12. The average molecular weight is 716 g/mol. The number of benzene rings is 9. The Balaban J connectivity index is 1.26. The Kier molecular flexibility index (Phi) is 8.55. The summed E-state index contributed by atoms with van der Waals surface area (Å²) in [6, 6.07) is 80.1. The van der Waals surface area contributed by atoms with E-state index in [2.05, 4.69) is 223 Å². The minimum Gasteiger partial charge on any atom is -0.456 e. The van der Waals surface area contributed by atoms with Gasteiger partial charge in [0.1, 0.15) is 11.2 Å². The SMILES string of the molecule is c1ccc(-c2ccc(N(c3ccccc3-c3cccc(-c4ccccc4)c3-c3ccccc3-c3ccccc3)c3cccc4oc5ccccc5c34)cc2)cc1. The van der Waals surface area contributed by atoms with Crippen LogP contribution in [0.1, 0.15) is 0 Å². The summed E-state index contributed by atoms with van der Waals surface area (Å²) in [6.45, 7) is 0. The summed E-state index contributed by atoms with van der Waals surface area (Å²) in [6.07, 6.45) is 0. The first-order valence-electron chi connectivity index (χ1n) is 19.1. The molecule has 0 saturated carbocycles. The molecule has 0 bridgehead atoms. The number of fused-ring (bicyclic) bond motifs is 3. The van der Waals surface area contributed by atoms with Crippen molar-refractivity contribution < 1.29 is 4.42 Å². The highest BCUT2D eigenvalue weighted by Gasteiger charge is 2.24. The van der Waals surface area contributed by atoms with Gasteiger partial charge < -0.3 is 9.32 Å². The monoisotopic (exact) mass is 715 g/mol. The van der Waals surface area contributed by atoms with Crippen molar-refractivity contribution in [2.75, 3.05) is 4.90 Å². The Morgan fingerprint density at radius 1 is 0.286 bits per heavy atom. The molecule has 2 nitrogen and oxygen atoms in total. The van der Waals surface area contributed by atoms with Crippen LogP contribution in [-0.2, 0) is 0 Å². The van der Waals surface area contributed by atoms with Crippen LogP contribution >= 0.6 is 0 Å². The molecular formula is C54H37NO. The van der Waals surface area contributed by atoms with Crippen LogP contribution in [-0.4, -0.2) is 0 Å². The van der Waals surface area contributed by atoms with Gasteiger partial charge in [-0.15, -0.1) is 0 Å². The van der Waals surface area contributed by atoms with Crippen molar-refractivity contribution in [2.45, 2.75) is 0 Å². The maximum atomic E-state index is 6.48. The van der Waals surface area contributed by atoms with Crippen molar-refractivity contribution in [3.63, 3.8) is 0 Å². The number of rotatable bonds is 8. The Hall–Kier alpha value is -7.42. The van der Waals surface area contributed by atoms with Crippen molar-refractivity contribution >= 4 is 39.0 Å². The molecule has 0 spiro atoms. The first-order chi connectivity index (χ1) is 27.8. The fourth-order valence-electron chi connectivity index (χ4n) is 8.18. The van der Waals surface area contributed by atoms with E-state index in [9.17, 15) is 0 Å². The Labute approximate surface area is 327 Å². The molecule has 1 heterocycles. The minimum atomic E-state index is 0.857. The molecule has 0 saturated heterocycles. The van der Waals surface area contributed by atoms with Crippen LogP contribution in [0.2, 0.25) is 0 Å². The molecule has 9 aromatic carbocycles. The van der Waals surface area contributed by atoms with Gasteiger partial charge in [0.2, 0.25) is 0 Å². The van der Waals surface area contributed by atoms with E-state index in [0.717, 1.165) is 50.1 Å². The van der Waals surface area contributed by atoms with E-state index in [1.807, 2.05) is 6.07 Å². The molecule has 0 aliphatic rings. The van der Waals surface area contributed by atoms with Crippen LogP contribution in [0.5, 0.6) is 0 Å². The lowest BCUT2D eigenvalue weighted by Gasteiger charge is -2.29. The van der Waals surface area contributed by atoms with Crippen molar-refractivity contribution in [1.29, 1.82) is 0 Å². The standard InChI is InChI=1S/C54H37NO/c1-4-18-38(19-5-1)39-34-36-42(37-35-39)55(50-31-17-33-52-54(50)48-27-13-15-32-51(48)56-52)49-30-14-12-25-45(49)47-29-16-28-44(41-22-8-3-9-23-41)53(47)46-26-11-10-24-43(46)40-20-6-2-7-21-40/h1-37H. The quantitative estimate of drug-likeness (QED) is 0.156. The Morgan fingerprint density at radius 3 is 1.50 bits per heavy atom. The normalized spacial score (nSPS) is 11.2. The fraction of sp³-hybridized carbons (Fsp3) is 0. The van der Waals surface area contributed by atoms with E-state index in [0.29, 0.717) is 0 Å². The molecule has 0 radical (unpaired) electrons. The van der Waals surface area contributed by atoms with Crippen LogP contribution in [0.3, 0.4) is 0 Å². The van der Waals surface area contributed by atoms with Gasteiger partial charge in [0.25, 0.3) is 0 Å². The predicted octanol–water partition coefficient (Wildman–Crippen LogP) is 15.4. The molecule has 1 aromatic heterocycles. The molecule has 0 aliphatic heterocycles. The smallest absolute Gasteiger partial charge is 0.137 e. The number of para-hydroxylation sites is 2. The van der Waals surface area contributed by atoms with Crippen LogP contribution in [0.4, 0.5) is 17.1 Å². The zero-order valence-corrected chi connectivity index (χ0v) is 30.7. The van der Waals surface area contributed by atoms with E-state index >= 15 is 0 Å². The molecule has 0 unspecified atom stereocenters. The van der Waals surface area contributed by atoms with Gasteiger partial charge in [-0.2, -0.15) is 0 Å². The highest BCUT2D eigenvalue weighted by Crippen LogP contribution is 2.50. The molecule has 0 amide bonds. The summed E-state index contributed by atoms with van der Waals surface area (Å²) in [7, 11) is 0. The van der Waals surface area contributed by atoms with E-state index in [-0.39, 0.29) is 0 Å². The van der Waals surface area contributed by atoms with Gasteiger partial charge in [-0.3, -0.25) is 0 Å². The maximum Gasteiger partial charge on any atom is 0.137 e. The van der Waals surface area contributed by atoms with Crippen LogP contribution in [0.15, 0.2) is 229 Å². The number of hydrogen-bond acceptors (Lipinski definition) is 2. The van der Waals surface area contributed by atoms with Gasteiger partial charge >= 0.3 is 0 Å². The Bertz CT molecular complexity index is 2950. The van der Waals surface area contributed by atoms with Crippen LogP contribution in [0.25, 0.3) is 77.6 Å². The third-order valence-electron chi connectivity index (χ3n) is 10.7. The van der Waals surface area contributed by atoms with Gasteiger partial charge in [0.15, 0.2) is 0 Å². The minimum absolute atomic E-state index is 0.857. The van der Waals surface area contributed by atoms with Crippen LogP contribution < -0.4 is 4.90 Å². The number of nitrogens with zero attached hydrogens (tertiary/aromatic N) is 1. The summed E-state index contributed by atoms with van der Waals surface area (Å²) in [5, 5.41) is 2.17. The van der Waals surface area contributed by atoms with Gasteiger partial charge in [0.05, 0.1) is 16.8 Å². The Morgan fingerprint density at radius 2 is 0.768 bits per heavy atom. The largest absolute Gasteiger partial charge is 0.456 e. The lowest BCUT2D eigenvalue weighted by molar-refractivity contribution is 0.669. The van der Waals surface area contributed by atoms with Gasteiger partial charge in [-0.1, -0.05) is 188 Å². The van der Waals surface area contributed by atoms with Crippen molar-refractivity contribution in [1.82, 2.24) is 0 Å². The van der Waals surface area contributed by atoms with Gasteiger partial charge in [-0.05, 0) is 86.5 Å². The molecule has 0 N–H and O–H groups in total. The average Bonchev–Trinajstić information content (AvgIpc) is 3.67. The molecule has 10 aromatic rings. The second-order valence-corrected chi connectivity index (χ2v) is 14.0. The molecule has 10 rings (SSSR count). The van der Waals surface area contributed by atoms with E-state index in [1.54, 1.807) is 0 Å². The number of hydrogen-bond donors (Lipinski definition) is 0. The third-order valence-corrected chi connectivity index (χ3v) is 10.7. The summed E-state index contributed by atoms with van der Waals surface area (Å²) in [4.78, 5) is 2.41. The van der Waals surface area contributed by atoms with Gasteiger partial charge in [-0.25, -0.2) is 0 Å². The first-order valence-corrected chi connectivity index (χ1v) is 19.1. The second-order valence-electron chi connectivity index (χ2n) is 14.0. The van der Waals surface area contributed by atoms with E-state index < -0.39 is 0 Å². The van der Waals surface area contributed by atoms with E-state index in [1.165, 1.54) is 44.5 Å². The highest BCUT2D eigenvalue weighted by atomic mass is 16.3. The lowest BCUT2D eigenvalue weighted by atomic mass is 9.84. The highest BCUT2D eigenvalue weighted by molar-refractivity contribution is 6.14. The zero-order chi connectivity index (χ0) is 37.3. The number of furan rings is 1. The predicted molar refractivity (Wildman–Crippen MR) is 236 cm³/mol. The summed E-state index contributed by atoms with van der Waals surface area (Å²) >= 11 is 0. The molecule has 56 heavy (non-hydrogen) atoms. The van der Waals surface area contributed by atoms with Crippen LogP contribution in [0, 0.1) is 0 Å². The maximum absolute atomic E-state index is 6.48. The molecular weight excluding hydrogens is 679 g/mol. The third kappa shape index (κ3) is 5.95. The summed E-state index contributed by atoms with van der Waals surface area (Å²) in [5.74, 6) is 0. The first kappa shape index (κ1) is 33.2. The zero-order valence-electron chi connectivity index (χ0n) is 30.7. The molecule has 0 aliphatic carbocycles.